The van der Waals surface area contributed by atoms with Crippen LogP contribution >= 0.6 is 0 Å². The third kappa shape index (κ3) is 13.2. The maximum absolute atomic E-state index is 9.55. The summed E-state index contributed by atoms with van der Waals surface area (Å²) in [4.78, 5) is 31.7. The molecular formula is C21H30N6O4. The quantitative estimate of drug-likeness (QED) is 0.250. The molecule has 0 fully saturated rings. The molecule has 1 aromatic carbocycles. The van der Waals surface area contributed by atoms with Crippen LogP contribution in [0.4, 0.5) is 17.8 Å². The van der Waals surface area contributed by atoms with Gasteiger partial charge in [0, 0.05) is 25.2 Å². The van der Waals surface area contributed by atoms with Crippen LogP contribution in [0, 0.1) is 0 Å². The molecular weight excluding hydrogens is 400 g/mol. The number of nitrogen functional groups attached to an aromatic ring is 1. The monoisotopic (exact) mass is 430 g/mol. The topological polar surface area (TPSA) is 163 Å². The number of nitrogens with two attached hydrogens (primary N) is 1. The van der Waals surface area contributed by atoms with Gasteiger partial charge in [0.2, 0.25) is 17.8 Å². The molecule has 0 saturated heterocycles. The molecule has 168 valence electrons. The molecule has 2 rings (SSSR count). The van der Waals surface area contributed by atoms with Gasteiger partial charge in [-0.05, 0) is 18.4 Å². The van der Waals surface area contributed by atoms with E-state index in [1.807, 2.05) is 18.2 Å². The number of aromatic nitrogens is 3. The van der Waals surface area contributed by atoms with Crippen molar-refractivity contribution in [2.75, 3.05) is 29.5 Å². The third-order valence-corrected chi connectivity index (χ3v) is 3.87. The van der Waals surface area contributed by atoms with E-state index in [2.05, 4.69) is 44.6 Å². The Balaban J connectivity index is 0.000000512. The summed E-state index contributed by atoms with van der Waals surface area (Å²) in [6.45, 7) is 3.81. The van der Waals surface area contributed by atoms with E-state index in [-0.39, 0.29) is 5.95 Å². The summed E-state index contributed by atoms with van der Waals surface area (Å²) in [6, 6.07) is 10.3. The third-order valence-electron chi connectivity index (χ3n) is 3.87. The Kier molecular flexibility index (Phi) is 12.4. The van der Waals surface area contributed by atoms with Gasteiger partial charge >= 0.3 is 11.9 Å². The van der Waals surface area contributed by atoms with Crippen LogP contribution in [0.1, 0.15) is 38.2 Å². The summed E-state index contributed by atoms with van der Waals surface area (Å²) in [5.74, 6) is -1.22. The standard InChI is InChI=1S/C17H26N6.C4H4O4/c1-2-3-4-8-12-19-16-21-15(18)22-17(23-16)20-13-11-14-9-6-5-7-10-14;5-3(6)1-2-4(7)8/h5-7,9-10H,2-4,8,11-13H2,1H3,(H4,18,19,20,21,22,23);1-2H,(H,5,6)(H,7,8)/b;2-1+. The van der Waals surface area contributed by atoms with Crippen LogP contribution in [0.3, 0.4) is 0 Å². The van der Waals surface area contributed by atoms with Gasteiger partial charge in [-0.1, -0.05) is 56.5 Å². The zero-order valence-corrected chi connectivity index (χ0v) is 17.6. The van der Waals surface area contributed by atoms with Gasteiger partial charge in [-0.15, -0.1) is 0 Å². The Morgan fingerprint density at radius 3 is 2.03 bits per heavy atom. The predicted molar refractivity (Wildman–Crippen MR) is 120 cm³/mol. The molecule has 0 spiro atoms. The Morgan fingerprint density at radius 1 is 0.903 bits per heavy atom. The second kappa shape index (κ2) is 15.2. The predicted octanol–water partition coefficient (Wildman–Crippen LogP) is 2.81. The zero-order valence-electron chi connectivity index (χ0n) is 17.6. The fourth-order valence-electron chi connectivity index (χ4n) is 2.41. The maximum atomic E-state index is 9.55. The van der Waals surface area contributed by atoms with Gasteiger partial charge in [-0.25, -0.2) is 9.59 Å². The number of benzene rings is 1. The van der Waals surface area contributed by atoms with Crippen molar-refractivity contribution < 1.29 is 19.8 Å². The number of aliphatic carboxylic acids is 2. The number of hydrogen-bond donors (Lipinski definition) is 5. The summed E-state index contributed by atoms with van der Waals surface area (Å²) in [7, 11) is 0. The van der Waals surface area contributed by atoms with Crippen LogP contribution in [0.5, 0.6) is 0 Å². The average Bonchev–Trinajstić information content (AvgIpc) is 2.73. The number of carboxylic acids is 2. The Hall–Kier alpha value is -3.69. The molecule has 6 N–H and O–H groups in total. The van der Waals surface area contributed by atoms with Gasteiger partial charge in [-0.3, -0.25) is 0 Å². The first-order chi connectivity index (χ1) is 14.9. The van der Waals surface area contributed by atoms with Crippen LogP contribution in [-0.2, 0) is 16.0 Å². The lowest BCUT2D eigenvalue weighted by molar-refractivity contribution is -0.134. The maximum Gasteiger partial charge on any atom is 0.328 e. The fourth-order valence-corrected chi connectivity index (χ4v) is 2.41. The Morgan fingerprint density at radius 2 is 1.48 bits per heavy atom. The molecule has 1 aromatic heterocycles. The van der Waals surface area contributed by atoms with Crippen LogP contribution in [0.2, 0.25) is 0 Å². The summed E-state index contributed by atoms with van der Waals surface area (Å²) in [6.07, 6.45) is 6.83. The molecule has 0 saturated carbocycles. The first-order valence-electron chi connectivity index (χ1n) is 10.1. The second-order valence-corrected chi connectivity index (χ2v) is 6.50. The van der Waals surface area contributed by atoms with E-state index < -0.39 is 11.9 Å². The number of carbonyl (C=O) groups is 2. The lowest BCUT2D eigenvalue weighted by Crippen LogP contribution is -2.13. The zero-order chi connectivity index (χ0) is 22.9. The minimum atomic E-state index is -1.26. The normalized spacial score (nSPS) is 10.2. The van der Waals surface area contributed by atoms with Gasteiger partial charge in [-0.2, -0.15) is 15.0 Å². The van der Waals surface area contributed by atoms with E-state index in [0.717, 1.165) is 25.9 Å². The number of anilines is 3. The van der Waals surface area contributed by atoms with E-state index in [9.17, 15) is 9.59 Å². The number of carboxylic acid groups (broad SMARTS) is 2. The summed E-state index contributed by atoms with van der Waals surface area (Å²) in [5, 5.41) is 22.0. The van der Waals surface area contributed by atoms with E-state index in [0.29, 0.717) is 24.0 Å². The van der Waals surface area contributed by atoms with Crippen molar-refractivity contribution in [3.8, 4) is 0 Å². The molecule has 0 bridgehead atoms. The van der Waals surface area contributed by atoms with Gasteiger partial charge in [0.05, 0.1) is 0 Å². The number of nitrogens with zero attached hydrogens (tertiary/aromatic N) is 3. The van der Waals surface area contributed by atoms with E-state index in [1.54, 1.807) is 0 Å². The molecule has 0 radical (unpaired) electrons. The highest BCUT2D eigenvalue weighted by Crippen LogP contribution is 2.08. The molecule has 0 atom stereocenters. The molecule has 10 heteroatoms. The van der Waals surface area contributed by atoms with Gasteiger partial charge in [0.15, 0.2) is 0 Å². The SMILES string of the molecule is CCCCCCNc1nc(N)nc(NCCc2ccccc2)n1.O=C(O)/C=C/C(=O)O. The molecule has 0 aliphatic heterocycles. The van der Waals surface area contributed by atoms with Crippen molar-refractivity contribution in [3.05, 3.63) is 48.0 Å². The molecule has 0 unspecified atom stereocenters. The van der Waals surface area contributed by atoms with Crippen LogP contribution < -0.4 is 16.4 Å². The minimum absolute atomic E-state index is 0.235. The lowest BCUT2D eigenvalue weighted by Gasteiger charge is -2.09. The first-order valence-corrected chi connectivity index (χ1v) is 10.1. The number of nitrogens with one attached hydrogen (secondary N) is 2. The highest BCUT2D eigenvalue weighted by atomic mass is 16.4. The molecule has 0 aliphatic carbocycles. The minimum Gasteiger partial charge on any atom is -0.478 e. The van der Waals surface area contributed by atoms with Crippen molar-refractivity contribution in [2.24, 2.45) is 0 Å². The van der Waals surface area contributed by atoms with E-state index >= 15 is 0 Å². The lowest BCUT2D eigenvalue weighted by atomic mass is 10.1. The fraction of sp³-hybridized carbons (Fsp3) is 0.381. The molecule has 0 aliphatic rings. The highest BCUT2D eigenvalue weighted by molar-refractivity contribution is 5.89. The first kappa shape index (κ1) is 25.3. The van der Waals surface area contributed by atoms with Crippen molar-refractivity contribution >= 4 is 29.8 Å². The van der Waals surface area contributed by atoms with E-state index in [4.69, 9.17) is 15.9 Å². The van der Waals surface area contributed by atoms with Gasteiger partial charge in [0.1, 0.15) is 0 Å². The largest absolute Gasteiger partial charge is 0.478 e. The summed E-state index contributed by atoms with van der Waals surface area (Å²) in [5.41, 5.74) is 7.03. The molecule has 2 aromatic rings. The average molecular weight is 431 g/mol. The second-order valence-electron chi connectivity index (χ2n) is 6.50. The van der Waals surface area contributed by atoms with Crippen LogP contribution in [-0.4, -0.2) is 50.2 Å². The van der Waals surface area contributed by atoms with Crippen LogP contribution in [0.15, 0.2) is 42.5 Å². The molecule has 1 heterocycles. The number of unbranched alkanes of at least 4 members (excludes halogenated alkanes) is 3. The van der Waals surface area contributed by atoms with Gasteiger partial charge < -0.3 is 26.6 Å². The number of hydrogen-bond acceptors (Lipinski definition) is 8. The number of rotatable bonds is 12. The highest BCUT2D eigenvalue weighted by Gasteiger charge is 2.04. The molecule has 31 heavy (non-hydrogen) atoms. The van der Waals surface area contributed by atoms with Crippen molar-refractivity contribution in [3.63, 3.8) is 0 Å². The van der Waals surface area contributed by atoms with Crippen molar-refractivity contribution in [1.29, 1.82) is 0 Å². The van der Waals surface area contributed by atoms with Crippen LogP contribution in [0.25, 0.3) is 0 Å². The van der Waals surface area contributed by atoms with Gasteiger partial charge in [0.25, 0.3) is 0 Å². The van der Waals surface area contributed by atoms with Crippen molar-refractivity contribution in [1.82, 2.24) is 15.0 Å². The Bertz CT molecular complexity index is 814. The molecule has 0 amide bonds. The van der Waals surface area contributed by atoms with E-state index in [1.165, 1.54) is 24.8 Å². The van der Waals surface area contributed by atoms with Crippen molar-refractivity contribution in [2.45, 2.75) is 39.0 Å². The summed E-state index contributed by atoms with van der Waals surface area (Å²) >= 11 is 0. The molecule has 10 nitrogen and oxygen atoms in total. The smallest absolute Gasteiger partial charge is 0.328 e. The summed E-state index contributed by atoms with van der Waals surface area (Å²) < 4.78 is 0. The Labute approximate surface area is 181 Å².